The van der Waals surface area contributed by atoms with Crippen LogP contribution in [0.3, 0.4) is 0 Å². The lowest BCUT2D eigenvalue weighted by Crippen LogP contribution is -2.35. The number of anilines is 1. The normalized spacial score (nSPS) is 14.6. The van der Waals surface area contributed by atoms with Crippen LogP contribution in [0.4, 0.5) is 10.5 Å². The summed E-state index contributed by atoms with van der Waals surface area (Å²) in [6.45, 7) is 1.000. The van der Waals surface area contributed by atoms with Crippen molar-refractivity contribution in [1.82, 2.24) is 4.31 Å². The van der Waals surface area contributed by atoms with Gasteiger partial charge in [-0.3, -0.25) is 5.32 Å². The Morgan fingerprint density at radius 1 is 1.16 bits per heavy atom. The molecular weight excluding hydrogens is 340 g/mol. The Morgan fingerprint density at radius 2 is 1.92 bits per heavy atom. The quantitative estimate of drug-likeness (QED) is 0.910. The van der Waals surface area contributed by atoms with Crippen molar-refractivity contribution in [1.29, 1.82) is 0 Å². The summed E-state index contributed by atoms with van der Waals surface area (Å²) < 4.78 is 30.1. The molecule has 6 nitrogen and oxygen atoms in total. The number of benzene rings is 2. The number of carbonyl (C=O) groups excluding carboxylic acids is 1. The van der Waals surface area contributed by atoms with Crippen LogP contribution in [-0.2, 0) is 34.3 Å². The molecule has 25 heavy (non-hydrogen) atoms. The van der Waals surface area contributed by atoms with Gasteiger partial charge in [-0.05, 0) is 35.2 Å². The fourth-order valence-electron chi connectivity index (χ4n) is 2.77. The minimum absolute atomic E-state index is 0.194. The lowest BCUT2D eigenvalue weighted by molar-refractivity contribution is 0.155. The van der Waals surface area contributed by atoms with Crippen molar-refractivity contribution in [3.63, 3.8) is 0 Å². The highest BCUT2D eigenvalue weighted by Crippen LogP contribution is 2.24. The molecular formula is C18H20N2O4S. The molecule has 0 atom stereocenters. The SMILES string of the molecule is CS(=O)(=O)N1CCc2ccc(NC(=O)OCc3ccccc3)cc2C1. The van der Waals surface area contributed by atoms with Gasteiger partial charge in [0.05, 0.1) is 6.26 Å². The minimum Gasteiger partial charge on any atom is -0.444 e. The van der Waals surface area contributed by atoms with Gasteiger partial charge in [-0.2, -0.15) is 4.31 Å². The number of nitrogens with one attached hydrogen (secondary N) is 1. The van der Waals surface area contributed by atoms with Crippen molar-refractivity contribution in [2.24, 2.45) is 0 Å². The Balaban J connectivity index is 1.63. The zero-order chi connectivity index (χ0) is 17.9. The molecule has 2 aromatic carbocycles. The Morgan fingerprint density at radius 3 is 2.64 bits per heavy atom. The van der Waals surface area contributed by atoms with Crippen LogP contribution in [0.2, 0.25) is 0 Å². The first-order valence-corrected chi connectivity index (χ1v) is 9.81. The van der Waals surface area contributed by atoms with E-state index in [0.29, 0.717) is 25.2 Å². The largest absolute Gasteiger partial charge is 0.444 e. The predicted molar refractivity (Wildman–Crippen MR) is 95.6 cm³/mol. The average Bonchev–Trinajstić information content (AvgIpc) is 2.59. The molecule has 1 aliphatic rings. The van der Waals surface area contributed by atoms with E-state index in [2.05, 4.69) is 5.32 Å². The monoisotopic (exact) mass is 360 g/mol. The first kappa shape index (κ1) is 17.4. The van der Waals surface area contributed by atoms with Gasteiger partial charge in [0.25, 0.3) is 0 Å². The molecule has 0 saturated heterocycles. The first-order valence-electron chi connectivity index (χ1n) is 7.96. The number of amides is 1. The predicted octanol–water partition coefficient (Wildman–Crippen LogP) is 2.75. The molecule has 1 aliphatic heterocycles. The van der Waals surface area contributed by atoms with Crippen LogP contribution in [0.25, 0.3) is 0 Å². The maximum atomic E-state index is 11.9. The number of carbonyl (C=O) groups is 1. The second-order valence-corrected chi connectivity index (χ2v) is 8.00. The van der Waals surface area contributed by atoms with Gasteiger partial charge < -0.3 is 4.74 Å². The number of ether oxygens (including phenoxy) is 1. The highest BCUT2D eigenvalue weighted by atomic mass is 32.2. The van der Waals surface area contributed by atoms with E-state index in [9.17, 15) is 13.2 Å². The molecule has 0 aromatic heterocycles. The summed E-state index contributed by atoms with van der Waals surface area (Å²) in [5.74, 6) is 0. The van der Waals surface area contributed by atoms with E-state index in [1.54, 1.807) is 12.1 Å². The molecule has 7 heteroatoms. The van der Waals surface area contributed by atoms with Gasteiger partial charge in [-0.1, -0.05) is 36.4 Å². The molecule has 132 valence electrons. The van der Waals surface area contributed by atoms with Crippen molar-refractivity contribution in [3.8, 4) is 0 Å². The number of rotatable bonds is 4. The summed E-state index contributed by atoms with van der Waals surface area (Å²) >= 11 is 0. The Kier molecular flexibility index (Phi) is 5.06. The fraction of sp³-hybridized carbons (Fsp3) is 0.278. The van der Waals surface area contributed by atoms with E-state index in [1.165, 1.54) is 10.6 Å². The third-order valence-electron chi connectivity index (χ3n) is 4.11. The van der Waals surface area contributed by atoms with Gasteiger partial charge in [-0.25, -0.2) is 13.2 Å². The topological polar surface area (TPSA) is 75.7 Å². The molecule has 1 N–H and O–H groups in total. The zero-order valence-electron chi connectivity index (χ0n) is 13.9. The van der Waals surface area contributed by atoms with Gasteiger partial charge in [0.1, 0.15) is 6.61 Å². The maximum absolute atomic E-state index is 11.9. The molecule has 0 unspecified atom stereocenters. The number of hydrogen-bond acceptors (Lipinski definition) is 4. The summed E-state index contributed by atoms with van der Waals surface area (Å²) in [5.41, 5.74) is 3.50. The molecule has 0 radical (unpaired) electrons. The third kappa shape index (κ3) is 4.58. The summed E-state index contributed by atoms with van der Waals surface area (Å²) in [5, 5.41) is 2.69. The number of nitrogens with zero attached hydrogens (tertiary/aromatic N) is 1. The van der Waals surface area contributed by atoms with Crippen molar-refractivity contribution >= 4 is 21.8 Å². The standard InChI is InChI=1S/C18H20N2O4S/c1-25(22,23)20-10-9-15-7-8-17(11-16(15)12-20)19-18(21)24-13-14-5-3-2-4-6-14/h2-8,11H,9-10,12-13H2,1H3,(H,19,21). The summed E-state index contributed by atoms with van der Waals surface area (Å²) in [6.07, 6.45) is 1.34. The molecule has 1 heterocycles. The van der Waals surface area contributed by atoms with Crippen LogP contribution >= 0.6 is 0 Å². The van der Waals surface area contributed by atoms with E-state index >= 15 is 0 Å². The molecule has 0 saturated carbocycles. The lowest BCUT2D eigenvalue weighted by atomic mass is 10.0. The molecule has 0 fully saturated rings. The Bertz CT molecular complexity index is 866. The van der Waals surface area contributed by atoms with Gasteiger partial charge in [-0.15, -0.1) is 0 Å². The highest BCUT2D eigenvalue weighted by Gasteiger charge is 2.23. The smallest absolute Gasteiger partial charge is 0.411 e. The van der Waals surface area contributed by atoms with E-state index in [1.807, 2.05) is 36.4 Å². The van der Waals surface area contributed by atoms with Gasteiger partial charge in [0, 0.05) is 18.8 Å². The van der Waals surface area contributed by atoms with Crippen molar-refractivity contribution in [3.05, 3.63) is 65.2 Å². The van der Waals surface area contributed by atoms with E-state index in [-0.39, 0.29) is 6.61 Å². The summed E-state index contributed by atoms with van der Waals surface area (Å²) in [6, 6.07) is 15.0. The van der Waals surface area contributed by atoms with E-state index in [4.69, 9.17) is 4.74 Å². The summed E-state index contributed by atoms with van der Waals surface area (Å²) in [7, 11) is -3.22. The molecule has 2 aromatic rings. The van der Waals surface area contributed by atoms with Crippen LogP contribution in [0.1, 0.15) is 16.7 Å². The number of hydrogen-bond donors (Lipinski definition) is 1. The molecule has 1 amide bonds. The Hall–Kier alpha value is -2.38. The van der Waals surface area contributed by atoms with Crippen molar-refractivity contribution in [2.75, 3.05) is 18.1 Å². The highest BCUT2D eigenvalue weighted by molar-refractivity contribution is 7.88. The van der Waals surface area contributed by atoms with Crippen LogP contribution in [0, 0.1) is 0 Å². The molecule has 3 rings (SSSR count). The van der Waals surface area contributed by atoms with Crippen molar-refractivity contribution < 1.29 is 17.9 Å². The third-order valence-corrected chi connectivity index (χ3v) is 5.36. The van der Waals surface area contributed by atoms with Crippen LogP contribution < -0.4 is 5.32 Å². The molecule has 0 spiro atoms. The second-order valence-electron chi connectivity index (χ2n) is 6.02. The van der Waals surface area contributed by atoms with E-state index < -0.39 is 16.1 Å². The van der Waals surface area contributed by atoms with E-state index in [0.717, 1.165) is 16.7 Å². The molecule has 0 bridgehead atoms. The number of sulfonamides is 1. The lowest BCUT2D eigenvalue weighted by Gasteiger charge is -2.27. The fourth-order valence-corrected chi connectivity index (χ4v) is 3.57. The van der Waals surface area contributed by atoms with Gasteiger partial charge >= 0.3 is 6.09 Å². The first-order chi connectivity index (χ1) is 11.9. The second kappa shape index (κ2) is 7.25. The summed E-state index contributed by atoms with van der Waals surface area (Å²) in [4.78, 5) is 11.9. The zero-order valence-corrected chi connectivity index (χ0v) is 14.8. The Labute approximate surface area is 147 Å². The maximum Gasteiger partial charge on any atom is 0.411 e. The van der Waals surface area contributed by atoms with Gasteiger partial charge in [0.2, 0.25) is 10.0 Å². The van der Waals surface area contributed by atoms with Crippen LogP contribution in [-0.4, -0.2) is 31.6 Å². The number of fused-ring (bicyclic) bond motifs is 1. The van der Waals surface area contributed by atoms with Gasteiger partial charge in [0.15, 0.2) is 0 Å². The average molecular weight is 360 g/mol. The minimum atomic E-state index is -3.22. The van der Waals surface area contributed by atoms with Crippen LogP contribution in [0.5, 0.6) is 0 Å². The van der Waals surface area contributed by atoms with Crippen molar-refractivity contribution in [2.45, 2.75) is 19.6 Å². The molecule has 0 aliphatic carbocycles. The van der Waals surface area contributed by atoms with Crippen LogP contribution in [0.15, 0.2) is 48.5 Å².